The smallest absolute Gasteiger partial charge is 0.330 e. The van der Waals surface area contributed by atoms with Crippen molar-refractivity contribution in [2.75, 3.05) is 7.11 Å². The third-order valence-corrected chi connectivity index (χ3v) is 2.38. The Morgan fingerprint density at radius 3 is 3.08 bits per heavy atom. The Morgan fingerprint density at radius 1 is 1.77 bits per heavy atom. The van der Waals surface area contributed by atoms with Crippen LogP contribution in [0.5, 0.6) is 0 Å². The molecule has 13 heavy (non-hydrogen) atoms. The number of carbonyl (C=O) groups excluding carboxylic acids is 1. The van der Waals surface area contributed by atoms with Gasteiger partial charge in [0, 0.05) is 11.0 Å². The summed E-state index contributed by atoms with van der Waals surface area (Å²) in [4.78, 5) is 11.6. The van der Waals surface area contributed by atoms with Crippen LogP contribution in [0.3, 0.4) is 0 Å². The molecule has 1 rings (SSSR count). The number of carbonyl (C=O) groups is 1. The number of hydrogen-bond acceptors (Lipinski definition) is 4. The lowest BCUT2D eigenvalue weighted by Crippen LogP contribution is -1.92. The fourth-order valence-corrected chi connectivity index (χ4v) is 1.51. The van der Waals surface area contributed by atoms with Gasteiger partial charge in [-0.2, -0.15) is 0 Å². The first-order chi connectivity index (χ1) is 6.26. The summed E-state index contributed by atoms with van der Waals surface area (Å²) in [7, 11) is 1.33. The predicted molar refractivity (Wildman–Crippen MR) is 51.3 cm³/mol. The minimum absolute atomic E-state index is 0.0384. The zero-order chi connectivity index (χ0) is 9.68. The highest BCUT2D eigenvalue weighted by atomic mass is 32.1. The summed E-state index contributed by atoms with van der Waals surface area (Å²) in [6, 6.07) is 1.82. The molecule has 1 heterocycles. The highest BCUT2D eigenvalue weighted by Gasteiger charge is 1.96. The Hall–Kier alpha value is -1.13. The average molecular weight is 198 g/mol. The van der Waals surface area contributed by atoms with E-state index < -0.39 is 0 Å². The maximum atomic E-state index is 10.7. The number of ether oxygens (including phenoxy) is 1. The molecule has 0 bridgehead atoms. The molecule has 0 atom stereocenters. The Labute approximate surface area is 80.3 Å². The second-order valence-electron chi connectivity index (χ2n) is 2.36. The van der Waals surface area contributed by atoms with Crippen LogP contribution in [0.1, 0.15) is 10.4 Å². The number of aliphatic hydroxyl groups excluding tert-OH is 1. The summed E-state index contributed by atoms with van der Waals surface area (Å²) < 4.78 is 4.43. The van der Waals surface area contributed by atoms with Crippen LogP contribution in [-0.4, -0.2) is 18.2 Å². The van der Waals surface area contributed by atoms with E-state index in [1.165, 1.54) is 24.5 Å². The number of hydrogen-bond donors (Lipinski definition) is 1. The maximum absolute atomic E-state index is 10.7. The standard InChI is InChI=1S/C9H10O3S/c1-12-9(11)3-2-7-4-8(5-10)13-6-7/h2-4,6,10H,5H2,1H3. The molecule has 0 amide bonds. The topological polar surface area (TPSA) is 46.5 Å². The molecule has 1 aromatic rings. The molecule has 1 aromatic heterocycles. The molecular weight excluding hydrogens is 188 g/mol. The van der Waals surface area contributed by atoms with Gasteiger partial charge in [0.15, 0.2) is 0 Å². The monoisotopic (exact) mass is 198 g/mol. The summed E-state index contributed by atoms with van der Waals surface area (Å²) in [6.07, 6.45) is 3.00. The van der Waals surface area contributed by atoms with Crippen LogP contribution in [-0.2, 0) is 16.1 Å². The van der Waals surface area contributed by atoms with Gasteiger partial charge >= 0.3 is 5.97 Å². The fraction of sp³-hybridized carbons (Fsp3) is 0.222. The van der Waals surface area contributed by atoms with E-state index in [-0.39, 0.29) is 12.6 Å². The number of aliphatic hydroxyl groups is 1. The van der Waals surface area contributed by atoms with Crippen molar-refractivity contribution < 1.29 is 14.6 Å². The van der Waals surface area contributed by atoms with Gasteiger partial charge in [0.1, 0.15) is 0 Å². The van der Waals surface area contributed by atoms with E-state index in [4.69, 9.17) is 5.11 Å². The van der Waals surface area contributed by atoms with Crippen molar-refractivity contribution in [3.8, 4) is 0 Å². The summed E-state index contributed by atoms with van der Waals surface area (Å²) in [5, 5.41) is 10.6. The van der Waals surface area contributed by atoms with Crippen LogP contribution < -0.4 is 0 Å². The number of esters is 1. The molecule has 3 nitrogen and oxygen atoms in total. The van der Waals surface area contributed by atoms with Crippen LogP contribution in [0, 0.1) is 0 Å². The predicted octanol–water partition coefficient (Wildman–Crippen LogP) is 1.43. The van der Waals surface area contributed by atoms with Gasteiger partial charge in [-0.25, -0.2) is 4.79 Å². The molecule has 0 aliphatic carbocycles. The Bertz CT molecular complexity index is 314. The van der Waals surface area contributed by atoms with E-state index in [0.717, 1.165) is 10.4 Å². The zero-order valence-electron chi connectivity index (χ0n) is 7.19. The first kappa shape index (κ1) is 9.95. The van der Waals surface area contributed by atoms with Gasteiger partial charge in [-0.3, -0.25) is 0 Å². The fourth-order valence-electron chi connectivity index (χ4n) is 0.800. The van der Waals surface area contributed by atoms with Crippen molar-refractivity contribution in [1.82, 2.24) is 0 Å². The second kappa shape index (κ2) is 4.79. The normalized spacial score (nSPS) is 10.6. The summed E-state index contributed by atoms with van der Waals surface area (Å²) >= 11 is 1.46. The van der Waals surface area contributed by atoms with E-state index in [1.54, 1.807) is 6.08 Å². The van der Waals surface area contributed by atoms with Crippen LogP contribution in [0.15, 0.2) is 17.5 Å². The van der Waals surface area contributed by atoms with E-state index in [0.29, 0.717) is 0 Å². The first-order valence-corrected chi connectivity index (χ1v) is 4.58. The average Bonchev–Trinajstić information content (AvgIpc) is 2.61. The molecule has 0 saturated heterocycles. The molecule has 1 N–H and O–H groups in total. The zero-order valence-corrected chi connectivity index (χ0v) is 8.00. The largest absolute Gasteiger partial charge is 0.466 e. The van der Waals surface area contributed by atoms with Gasteiger partial charge < -0.3 is 9.84 Å². The van der Waals surface area contributed by atoms with Gasteiger partial charge in [-0.15, -0.1) is 11.3 Å². The molecule has 70 valence electrons. The quantitative estimate of drug-likeness (QED) is 0.590. The molecule has 0 aromatic carbocycles. The number of rotatable bonds is 3. The summed E-state index contributed by atoms with van der Waals surface area (Å²) in [5.41, 5.74) is 0.902. The van der Waals surface area contributed by atoms with Gasteiger partial charge in [0.25, 0.3) is 0 Å². The van der Waals surface area contributed by atoms with Gasteiger partial charge in [0.05, 0.1) is 13.7 Å². The van der Waals surface area contributed by atoms with Gasteiger partial charge in [0.2, 0.25) is 0 Å². The lowest BCUT2D eigenvalue weighted by Gasteiger charge is -1.87. The van der Waals surface area contributed by atoms with Crippen LogP contribution >= 0.6 is 11.3 Å². The highest BCUT2D eigenvalue weighted by molar-refractivity contribution is 7.10. The third kappa shape index (κ3) is 3.01. The number of thiophene rings is 1. The van der Waals surface area contributed by atoms with Crippen molar-refractivity contribution in [1.29, 1.82) is 0 Å². The van der Waals surface area contributed by atoms with E-state index >= 15 is 0 Å². The first-order valence-electron chi connectivity index (χ1n) is 3.70. The van der Waals surface area contributed by atoms with Crippen molar-refractivity contribution in [2.45, 2.75) is 6.61 Å². The maximum Gasteiger partial charge on any atom is 0.330 e. The van der Waals surface area contributed by atoms with Gasteiger partial charge in [-0.1, -0.05) is 0 Å². The Balaban J connectivity index is 2.63. The molecule has 0 fully saturated rings. The summed E-state index contributed by atoms with van der Waals surface area (Å²) in [5.74, 6) is -0.378. The highest BCUT2D eigenvalue weighted by Crippen LogP contribution is 2.15. The molecule has 0 spiro atoms. The van der Waals surface area contributed by atoms with Crippen molar-refractivity contribution in [2.24, 2.45) is 0 Å². The van der Waals surface area contributed by atoms with Crippen LogP contribution in [0.4, 0.5) is 0 Å². The SMILES string of the molecule is COC(=O)C=Cc1csc(CO)c1. The van der Waals surface area contributed by atoms with Crippen molar-refractivity contribution in [3.63, 3.8) is 0 Å². The van der Waals surface area contributed by atoms with Crippen molar-refractivity contribution in [3.05, 3.63) is 28.0 Å². The second-order valence-corrected chi connectivity index (χ2v) is 3.36. The Morgan fingerprint density at radius 2 is 2.54 bits per heavy atom. The minimum atomic E-state index is -0.378. The van der Waals surface area contributed by atoms with Crippen LogP contribution in [0.2, 0.25) is 0 Å². The summed E-state index contributed by atoms with van der Waals surface area (Å²) in [6.45, 7) is 0.0384. The molecule has 0 aliphatic heterocycles. The molecular formula is C9H10O3S. The lowest BCUT2D eigenvalue weighted by atomic mass is 10.3. The molecule has 0 aliphatic rings. The minimum Gasteiger partial charge on any atom is -0.466 e. The van der Waals surface area contributed by atoms with Gasteiger partial charge in [-0.05, 0) is 23.1 Å². The number of methoxy groups -OCH3 is 1. The van der Waals surface area contributed by atoms with Crippen molar-refractivity contribution >= 4 is 23.4 Å². The van der Waals surface area contributed by atoms with Crippen LogP contribution in [0.25, 0.3) is 6.08 Å². The molecule has 0 saturated carbocycles. The Kier molecular flexibility index (Phi) is 3.67. The van der Waals surface area contributed by atoms with E-state index in [1.807, 2.05) is 11.4 Å². The third-order valence-electron chi connectivity index (χ3n) is 1.44. The molecule has 0 unspecified atom stereocenters. The van der Waals surface area contributed by atoms with E-state index in [2.05, 4.69) is 4.74 Å². The molecule has 0 radical (unpaired) electrons. The lowest BCUT2D eigenvalue weighted by molar-refractivity contribution is -0.134. The molecule has 4 heteroatoms. The van der Waals surface area contributed by atoms with E-state index in [9.17, 15) is 4.79 Å².